The van der Waals surface area contributed by atoms with Crippen LogP contribution in [0.25, 0.3) is 16.5 Å². The summed E-state index contributed by atoms with van der Waals surface area (Å²) in [5.41, 5.74) is 2.73. The molecule has 0 spiro atoms. The van der Waals surface area contributed by atoms with Crippen LogP contribution in [0.15, 0.2) is 89.8 Å². The number of rotatable bonds is 12. The molecule has 1 N–H and O–H groups in total. The van der Waals surface area contributed by atoms with Crippen LogP contribution in [0.1, 0.15) is 74.2 Å². The second-order valence-corrected chi connectivity index (χ2v) is 14.7. The van der Waals surface area contributed by atoms with E-state index in [0.717, 1.165) is 35.6 Å². The van der Waals surface area contributed by atoms with Crippen LogP contribution in [0, 0.1) is 6.92 Å². The van der Waals surface area contributed by atoms with Gasteiger partial charge in [0.1, 0.15) is 6.29 Å². The molecule has 13 heteroatoms. The summed E-state index contributed by atoms with van der Waals surface area (Å²) in [6, 6.07) is 23.9. The molecule has 2 heterocycles. The van der Waals surface area contributed by atoms with Crippen LogP contribution in [-0.2, 0) is 27.8 Å². The molecule has 0 radical (unpaired) electrons. The molecule has 0 aliphatic carbocycles. The Morgan fingerprint density at radius 1 is 0.942 bits per heavy atom. The molecule has 0 fully saturated rings. The molecule has 1 aromatic heterocycles. The molecular weight excluding hydrogens is 702 g/mol. The smallest absolute Gasteiger partial charge is 0.275 e. The van der Waals surface area contributed by atoms with Crippen LogP contribution in [0.5, 0.6) is 0 Å². The van der Waals surface area contributed by atoms with Crippen LogP contribution in [-0.4, -0.2) is 71.6 Å². The number of benzene rings is 4. The van der Waals surface area contributed by atoms with Gasteiger partial charge in [0.15, 0.2) is 5.69 Å². The molecule has 268 valence electrons. The van der Waals surface area contributed by atoms with Gasteiger partial charge >= 0.3 is 0 Å². The summed E-state index contributed by atoms with van der Waals surface area (Å²) in [6.45, 7) is 5.02. The SMILES string of the molecule is CCCCN(CCC=O)C(=O)c1nn(-c2ccc(C(=O)NS(=O)(=O)c3ccc4ccccc4c3)cc2C(=O)N2CCc3ccccc3C2)c(C)c1Cl. The van der Waals surface area contributed by atoms with E-state index in [9.17, 15) is 27.6 Å². The number of aromatic nitrogens is 2. The predicted octanol–water partition coefficient (Wildman–Crippen LogP) is 6.14. The lowest BCUT2D eigenvalue weighted by Crippen LogP contribution is -2.37. The quantitative estimate of drug-likeness (QED) is 0.152. The lowest BCUT2D eigenvalue weighted by molar-refractivity contribution is -0.108. The fourth-order valence-electron chi connectivity index (χ4n) is 6.32. The van der Waals surface area contributed by atoms with Gasteiger partial charge in [0, 0.05) is 38.2 Å². The van der Waals surface area contributed by atoms with Gasteiger partial charge in [-0.2, -0.15) is 5.10 Å². The van der Waals surface area contributed by atoms with E-state index in [1.807, 2.05) is 43.3 Å². The normalized spacial score (nSPS) is 12.7. The van der Waals surface area contributed by atoms with E-state index in [2.05, 4.69) is 9.82 Å². The van der Waals surface area contributed by atoms with Gasteiger partial charge in [-0.25, -0.2) is 17.8 Å². The molecule has 11 nitrogen and oxygen atoms in total. The van der Waals surface area contributed by atoms with Crippen LogP contribution in [0.3, 0.4) is 0 Å². The molecule has 0 unspecified atom stereocenters. The summed E-state index contributed by atoms with van der Waals surface area (Å²) < 4.78 is 30.3. The first-order valence-corrected chi connectivity index (χ1v) is 18.9. The lowest BCUT2D eigenvalue weighted by atomic mass is 9.98. The van der Waals surface area contributed by atoms with Gasteiger partial charge in [-0.15, -0.1) is 0 Å². The van der Waals surface area contributed by atoms with Crippen LogP contribution in [0.2, 0.25) is 5.02 Å². The Morgan fingerprint density at radius 2 is 1.67 bits per heavy atom. The highest BCUT2D eigenvalue weighted by atomic mass is 35.5. The topological polar surface area (TPSA) is 139 Å². The second kappa shape index (κ2) is 15.5. The highest BCUT2D eigenvalue weighted by Crippen LogP contribution is 2.29. The summed E-state index contributed by atoms with van der Waals surface area (Å²) in [5, 5.41) is 6.21. The highest BCUT2D eigenvalue weighted by molar-refractivity contribution is 7.90. The lowest BCUT2D eigenvalue weighted by Gasteiger charge is -2.29. The Morgan fingerprint density at radius 3 is 2.42 bits per heavy atom. The number of carbonyl (C=O) groups is 4. The number of nitrogens with one attached hydrogen (secondary N) is 1. The summed E-state index contributed by atoms with van der Waals surface area (Å²) >= 11 is 6.73. The van der Waals surface area contributed by atoms with Crippen molar-refractivity contribution >= 4 is 56.4 Å². The number of unbranched alkanes of at least 4 members (excludes halogenated alkanes) is 1. The largest absolute Gasteiger partial charge is 0.337 e. The van der Waals surface area contributed by atoms with Gasteiger partial charge in [-0.3, -0.25) is 14.4 Å². The maximum atomic E-state index is 14.4. The van der Waals surface area contributed by atoms with Crippen LogP contribution in [0.4, 0.5) is 0 Å². The molecule has 6 rings (SSSR count). The number of nitrogens with zero attached hydrogens (tertiary/aromatic N) is 4. The summed E-state index contributed by atoms with van der Waals surface area (Å²) in [5.74, 6) is -1.78. The Bertz CT molecular complexity index is 2300. The van der Waals surface area contributed by atoms with E-state index < -0.39 is 27.7 Å². The Balaban J connectivity index is 1.38. The van der Waals surface area contributed by atoms with Crippen molar-refractivity contribution in [3.63, 3.8) is 0 Å². The number of aldehydes is 1. The number of carbonyl (C=O) groups excluding carboxylic acids is 4. The number of fused-ring (bicyclic) bond motifs is 2. The van der Waals surface area contributed by atoms with E-state index in [1.165, 1.54) is 39.9 Å². The molecule has 0 saturated carbocycles. The van der Waals surface area contributed by atoms with Gasteiger partial charge in [-0.05, 0) is 72.0 Å². The molecule has 1 aliphatic heterocycles. The van der Waals surface area contributed by atoms with Crippen molar-refractivity contribution in [1.82, 2.24) is 24.3 Å². The maximum Gasteiger partial charge on any atom is 0.275 e. The van der Waals surface area contributed by atoms with Gasteiger partial charge in [0.2, 0.25) is 0 Å². The minimum absolute atomic E-state index is 0.0326. The molecule has 0 saturated heterocycles. The van der Waals surface area contributed by atoms with Crippen molar-refractivity contribution < 1.29 is 27.6 Å². The highest BCUT2D eigenvalue weighted by Gasteiger charge is 2.30. The fraction of sp³-hybridized carbons (Fsp3) is 0.256. The van der Waals surface area contributed by atoms with Crippen molar-refractivity contribution in [2.75, 3.05) is 19.6 Å². The number of halogens is 1. The first-order chi connectivity index (χ1) is 25.0. The minimum atomic E-state index is -4.28. The number of hydrogen-bond acceptors (Lipinski definition) is 7. The molecule has 0 atom stereocenters. The molecule has 1 aliphatic rings. The molecule has 5 aromatic rings. The Kier molecular flexibility index (Phi) is 10.9. The molecule has 4 aromatic carbocycles. The van der Waals surface area contributed by atoms with E-state index in [4.69, 9.17) is 11.6 Å². The predicted molar refractivity (Wildman–Crippen MR) is 198 cm³/mol. The van der Waals surface area contributed by atoms with E-state index in [1.54, 1.807) is 30.0 Å². The zero-order valence-electron chi connectivity index (χ0n) is 28.8. The van der Waals surface area contributed by atoms with E-state index in [0.29, 0.717) is 37.1 Å². The standard InChI is InChI=1S/C39H38ClN5O6S/c1-3-4-19-43(20-9-22-46)39(49)36-35(40)26(2)45(41-36)34-17-15-30(24-33(34)38(48)44-21-18-28-11-6-8-13-31(28)25-44)37(47)42-52(50,51)32-16-14-27-10-5-7-12-29(27)23-32/h5-8,10-17,22-24H,3-4,9,18-21,25H2,1-2H3,(H,42,47). The number of amides is 3. The Labute approximate surface area is 307 Å². The summed E-state index contributed by atoms with van der Waals surface area (Å²) in [4.78, 5) is 55.9. The third kappa shape index (κ3) is 7.49. The third-order valence-electron chi connectivity index (χ3n) is 9.22. The fourth-order valence-corrected chi connectivity index (χ4v) is 7.53. The van der Waals surface area contributed by atoms with Crippen molar-refractivity contribution in [2.45, 2.75) is 51.0 Å². The van der Waals surface area contributed by atoms with Gasteiger partial charge < -0.3 is 14.6 Å². The van der Waals surface area contributed by atoms with Crippen LogP contribution < -0.4 is 4.72 Å². The maximum absolute atomic E-state index is 14.4. The van der Waals surface area contributed by atoms with Crippen molar-refractivity contribution in [3.8, 4) is 5.69 Å². The first kappa shape index (κ1) is 36.5. The average Bonchev–Trinajstić information content (AvgIpc) is 3.46. The summed E-state index contributed by atoms with van der Waals surface area (Å²) in [7, 11) is -4.28. The molecule has 3 amide bonds. The summed E-state index contributed by atoms with van der Waals surface area (Å²) in [6.07, 6.45) is 3.09. The number of hydrogen-bond donors (Lipinski definition) is 1. The van der Waals surface area contributed by atoms with Gasteiger partial charge in [-0.1, -0.05) is 79.5 Å². The third-order valence-corrected chi connectivity index (χ3v) is 11.0. The zero-order chi connectivity index (χ0) is 37.0. The molecule has 0 bridgehead atoms. The molecule has 52 heavy (non-hydrogen) atoms. The zero-order valence-corrected chi connectivity index (χ0v) is 30.4. The minimum Gasteiger partial charge on any atom is -0.337 e. The van der Waals surface area contributed by atoms with E-state index in [-0.39, 0.29) is 45.4 Å². The Hall–Kier alpha value is -5.33. The second-order valence-electron chi connectivity index (χ2n) is 12.7. The average molecular weight is 740 g/mol. The molecular formula is C39H38ClN5O6S. The van der Waals surface area contributed by atoms with Gasteiger partial charge in [0.05, 0.1) is 26.9 Å². The number of sulfonamides is 1. The van der Waals surface area contributed by atoms with Crippen molar-refractivity contribution in [1.29, 1.82) is 0 Å². The van der Waals surface area contributed by atoms with E-state index >= 15 is 0 Å². The van der Waals surface area contributed by atoms with Crippen LogP contribution >= 0.6 is 11.6 Å². The van der Waals surface area contributed by atoms with Crippen molar-refractivity contribution in [2.24, 2.45) is 0 Å². The monoisotopic (exact) mass is 739 g/mol. The first-order valence-electron chi connectivity index (χ1n) is 17.1. The van der Waals surface area contributed by atoms with Gasteiger partial charge in [0.25, 0.3) is 27.7 Å². The van der Waals surface area contributed by atoms with Crippen molar-refractivity contribution in [3.05, 3.63) is 124 Å².